The van der Waals surface area contributed by atoms with Gasteiger partial charge in [0.25, 0.3) is 0 Å². The SMILES string of the molecule is O=C(O/C=C1/CCc2nc3ccccn3c2C1=O)c1ccccc1. The molecule has 4 rings (SSSR count). The predicted octanol–water partition coefficient (Wildman–Crippen LogP) is 3.20. The number of carbonyl (C=O) groups excluding carboxylic acids is 2. The van der Waals surface area contributed by atoms with Gasteiger partial charge in [-0.1, -0.05) is 24.3 Å². The Kier molecular flexibility index (Phi) is 3.46. The number of hydrogen-bond acceptors (Lipinski definition) is 4. The minimum absolute atomic E-state index is 0.143. The highest BCUT2D eigenvalue weighted by Gasteiger charge is 2.27. The lowest BCUT2D eigenvalue weighted by Gasteiger charge is -2.13. The van der Waals surface area contributed by atoms with E-state index in [4.69, 9.17) is 4.74 Å². The van der Waals surface area contributed by atoms with Gasteiger partial charge in [-0.25, -0.2) is 9.78 Å². The molecule has 3 aromatic rings. The number of pyridine rings is 1. The topological polar surface area (TPSA) is 60.7 Å². The summed E-state index contributed by atoms with van der Waals surface area (Å²) in [6.45, 7) is 0. The summed E-state index contributed by atoms with van der Waals surface area (Å²) in [5.74, 6) is -0.615. The van der Waals surface area contributed by atoms with Gasteiger partial charge < -0.3 is 4.74 Å². The third kappa shape index (κ3) is 2.40. The van der Waals surface area contributed by atoms with E-state index in [1.54, 1.807) is 28.7 Å². The van der Waals surface area contributed by atoms with Crippen molar-refractivity contribution in [3.05, 3.63) is 83.5 Å². The van der Waals surface area contributed by atoms with Gasteiger partial charge in [0.05, 0.1) is 11.3 Å². The van der Waals surface area contributed by atoms with Crippen LogP contribution in [0.4, 0.5) is 0 Å². The van der Waals surface area contributed by atoms with E-state index >= 15 is 0 Å². The second-order valence-electron chi connectivity index (χ2n) is 5.58. The largest absolute Gasteiger partial charge is 0.430 e. The molecule has 0 unspecified atom stereocenters. The number of Topliss-reactive ketones (excluding diaryl/α,β-unsaturated/α-hetero) is 1. The zero-order chi connectivity index (χ0) is 16.5. The fraction of sp³-hybridized carbons (Fsp3) is 0.105. The number of fused-ring (bicyclic) bond motifs is 3. The highest BCUT2D eigenvalue weighted by atomic mass is 16.5. The molecule has 0 N–H and O–H groups in total. The van der Waals surface area contributed by atoms with E-state index < -0.39 is 5.97 Å². The number of imidazole rings is 1. The number of hydrogen-bond donors (Lipinski definition) is 0. The molecule has 5 heteroatoms. The molecule has 0 aliphatic heterocycles. The van der Waals surface area contributed by atoms with E-state index in [0.29, 0.717) is 29.7 Å². The van der Waals surface area contributed by atoms with E-state index in [1.165, 1.54) is 6.26 Å². The van der Waals surface area contributed by atoms with E-state index in [2.05, 4.69) is 4.98 Å². The lowest BCUT2D eigenvalue weighted by atomic mass is 9.95. The number of allylic oxidation sites excluding steroid dienone is 1. The molecule has 1 aliphatic rings. The van der Waals surface area contributed by atoms with Crippen molar-refractivity contribution in [3.8, 4) is 0 Å². The van der Waals surface area contributed by atoms with Gasteiger partial charge >= 0.3 is 5.97 Å². The van der Waals surface area contributed by atoms with Crippen molar-refractivity contribution in [3.63, 3.8) is 0 Å². The predicted molar refractivity (Wildman–Crippen MR) is 87.8 cm³/mol. The van der Waals surface area contributed by atoms with Crippen molar-refractivity contribution in [2.75, 3.05) is 0 Å². The quantitative estimate of drug-likeness (QED) is 0.413. The lowest BCUT2D eigenvalue weighted by Crippen LogP contribution is -2.16. The van der Waals surface area contributed by atoms with Gasteiger partial charge in [0.2, 0.25) is 5.78 Å². The zero-order valence-electron chi connectivity index (χ0n) is 12.8. The first-order chi connectivity index (χ1) is 11.7. The van der Waals surface area contributed by atoms with Crippen molar-refractivity contribution in [2.45, 2.75) is 12.8 Å². The molecule has 0 atom stereocenters. The second-order valence-corrected chi connectivity index (χ2v) is 5.58. The molecule has 118 valence electrons. The summed E-state index contributed by atoms with van der Waals surface area (Å²) in [6.07, 6.45) is 4.26. The summed E-state index contributed by atoms with van der Waals surface area (Å²) in [7, 11) is 0. The number of carbonyl (C=O) groups is 2. The molecular weight excluding hydrogens is 304 g/mol. The molecular formula is C19H14N2O3. The summed E-state index contributed by atoms with van der Waals surface area (Å²) >= 11 is 0. The van der Waals surface area contributed by atoms with E-state index in [0.717, 1.165) is 11.3 Å². The Balaban J connectivity index is 1.62. The molecule has 0 radical (unpaired) electrons. The highest BCUT2D eigenvalue weighted by Crippen LogP contribution is 2.26. The number of nitrogens with zero attached hydrogens (tertiary/aromatic N) is 2. The van der Waals surface area contributed by atoms with Crippen LogP contribution < -0.4 is 0 Å². The maximum Gasteiger partial charge on any atom is 0.342 e. The lowest BCUT2D eigenvalue weighted by molar-refractivity contribution is 0.0659. The second kappa shape index (κ2) is 5.77. The molecule has 1 aliphatic carbocycles. The van der Waals surface area contributed by atoms with Gasteiger partial charge in [-0.3, -0.25) is 9.20 Å². The van der Waals surface area contributed by atoms with Crippen LogP contribution in [0.25, 0.3) is 5.65 Å². The van der Waals surface area contributed by atoms with Crippen LogP contribution in [0.3, 0.4) is 0 Å². The number of aryl methyl sites for hydroxylation is 1. The highest BCUT2D eigenvalue weighted by molar-refractivity contribution is 6.10. The van der Waals surface area contributed by atoms with Crippen LogP contribution in [0.2, 0.25) is 0 Å². The molecule has 0 saturated heterocycles. The average Bonchev–Trinajstić information content (AvgIpc) is 3.01. The van der Waals surface area contributed by atoms with Crippen molar-refractivity contribution >= 4 is 17.4 Å². The summed E-state index contributed by atoms with van der Waals surface area (Å²) in [5, 5.41) is 0. The summed E-state index contributed by atoms with van der Waals surface area (Å²) in [5.41, 5.74) is 3.03. The Morgan fingerprint density at radius 1 is 1.08 bits per heavy atom. The smallest absolute Gasteiger partial charge is 0.342 e. The monoisotopic (exact) mass is 318 g/mol. The maximum absolute atomic E-state index is 12.7. The standard InChI is InChI=1S/C19H14N2O3/c22-18-14(12-24-19(23)13-6-2-1-3-7-13)9-10-15-17(18)21-11-5-4-8-16(21)20-15/h1-8,11-12H,9-10H2/b14-12-. The van der Waals surface area contributed by atoms with Crippen LogP contribution in [0.15, 0.2) is 66.6 Å². The fourth-order valence-corrected chi connectivity index (χ4v) is 2.86. The Labute approximate surface area is 138 Å². The summed E-state index contributed by atoms with van der Waals surface area (Å²) in [4.78, 5) is 29.2. The molecule has 2 heterocycles. The van der Waals surface area contributed by atoms with Crippen LogP contribution in [0.5, 0.6) is 0 Å². The first kappa shape index (κ1) is 14.4. The number of aromatic nitrogens is 2. The molecule has 1 aromatic carbocycles. The van der Waals surface area contributed by atoms with E-state index in [-0.39, 0.29) is 5.78 Å². The fourth-order valence-electron chi connectivity index (χ4n) is 2.86. The molecule has 2 aromatic heterocycles. The van der Waals surface area contributed by atoms with Crippen molar-refractivity contribution in [1.82, 2.24) is 9.38 Å². The van der Waals surface area contributed by atoms with Gasteiger partial charge in [0.15, 0.2) is 0 Å². The Hall–Kier alpha value is -3.21. The first-order valence-corrected chi connectivity index (χ1v) is 7.70. The Bertz CT molecular complexity index is 971. The van der Waals surface area contributed by atoms with Crippen molar-refractivity contribution in [2.24, 2.45) is 0 Å². The first-order valence-electron chi connectivity index (χ1n) is 7.70. The molecule has 0 saturated carbocycles. The van der Waals surface area contributed by atoms with E-state index in [1.807, 2.05) is 30.5 Å². The molecule has 24 heavy (non-hydrogen) atoms. The number of benzene rings is 1. The maximum atomic E-state index is 12.7. The molecule has 0 fully saturated rings. The molecule has 0 bridgehead atoms. The number of esters is 1. The Morgan fingerprint density at radius 3 is 2.71 bits per heavy atom. The van der Waals surface area contributed by atoms with Gasteiger partial charge in [0.1, 0.15) is 17.6 Å². The molecule has 5 nitrogen and oxygen atoms in total. The zero-order valence-corrected chi connectivity index (χ0v) is 12.8. The normalized spacial score (nSPS) is 15.5. The minimum atomic E-state index is -0.472. The Morgan fingerprint density at radius 2 is 1.88 bits per heavy atom. The molecule has 0 amide bonds. The number of ether oxygens (including phenoxy) is 1. The van der Waals surface area contributed by atoms with Gasteiger partial charge in [-0.2, -0.15) is 0 Å². The van der Waals surface area contributed by atoms with Crippen LogP contribution in [-0.2, 0) is 11.2 Å². The van der Waals surface area contributed by atoms with Gasteiger partial charge in [-0.15, -0.1) is 0 Å². The average molecular weight is 318 g/mol. The van der Waals surface area contributed by atoms with Gasteiger partial charge in [-0.05, 0) is 37.1 Å². The summed E-state index contributed by atoms with van der Waals surface area (Å²) in [6, 6.07) is 14.3. The number of ketones is 1. The van der Waals surface area contributed by atoms with E-state index in [9.17, 15) is 9.59 Å². The van der Waals surface area contributed by atoms with Crippen LogP contribution >= 0.6 is 0 Å². The number of rotatable bonds is 2. The van der Waals surface area contributed by atoms with Crippen LogP contribution in [0.1, 0.15) is 33.0 Å². The third-order valence-electron chi connectivity index (χ3n) is 4.06. The summed E-state index contributed by atoms with van der Waals surface area (Å²) < 4.78 is 6.97. The van der Waals surface area contributed by atoms with Crippen molar-refractivity contribution < 1.29 is 14.3 Å². The minimum Gasteiger partial charge on any atom is -0.430 e. The molecule has 0 spiro atoms. The van der Waals surface area contributed by atoms with Crippen LogP contribution in [0, 0.1) is 0 Å². The van der Waals surface area contributed by atoms with Crippen LogP contribution in [-0.4, -0.2) is 21.1 Å². The van der Waals surface area contributed by atoms with Gasteiger partial charge in [0, 0.05) is 11.8 Å². The third-order valence-corrected chi connectivity index (χ3v) is 4.06. The van der Waals surface area contributed by atoms with Crippen molar-refractivity contribution in [1.29, 1.82) is 0 Å².